The largest absolute Gasteiger partial charge is 0.475 e. The highest BCUT2D eigenvalue weighted by Crippen LogP contribution is 2.63. The Morgan fingerprint density at radius 1 is 0.276 bits per heavy atom. The molecule has 680 valence electrons. The van der Waals surface area contributed by atoms with Gasteiger partial charge in [0.05, 0.1) is 72.7 Å². The van der Waals surface area contributed by atoms with E-state index in [2.05, 4.69) is 12.2 Å². The fourth-order valence-corrected chi connectivity index (χ4v) is 18.9. The van der Waals surface area contributed by atoms with E-state index in [4.69, 9.17) is 87.4 Å². The van der Waals surface area contributed by atoms with Gasteiger partial charge in [-0.2, -0.15) is 0 Å². The molecule has 3 unspecified atom stereocenters. The number of alkyl carbamates (subject to hydrolysis) is 1. The standard InChI is InChI=1S/C98H119NO24P4/c1-2-3-4-5-10-43-66-108-91(77-105-65-42-9-7-6-8-41-64-99-98(100)109-69-83-48-25-13-26-49-83)78-119-127(104,118-76-90-62-39-20-40-63-90)120-94-92(110-79-106-67-81-44-21-11-22-45-81)95(121-124(101,112-70-84-50-27-14-28-51-84)113-71-85-52-29-15-30-53-85)97(123-126(103,116-74-88-58-35-18-36-59-88)117-75-89-60-37-19-38-61-89)96(93(94)111-80-107-68-82-46-23-12-24-47-82)122-125(102,114-72-86-54-31-16-32-55-86)115-73-87-56-33-17-34-57-87/h11-40,44-63,91-97H,2-10,41-43,64-80H2,1H3,(H,99,100)/t91-,92-,93-,94?,95-,96+,97?,127?/m0/s1. The number of phosphoric acid groups is 4. The predicted molar refractivity (Wildman–Crippen MR) is 483 cm³/mol. The number of carbonyl (C=O) groups is 1. The molecule has 10 aromatic rings. The van der Waals surface area contributed by atoms with Crippen molar-refractivity contribution in [2.45, 2.75) is 193 Å². The molecule has 1 fully saturated rings. The van der Waals surface area contributed by atoms with Crippen molar-refractivity contribution < 1.29 is 110 Å². The topological polar surface area (TPSA) is 273 Å². The zero-order valence-corrected chi connectivity index (χ0v) is 75.6. The van der Waals surface area contributed by atoms with Gasteiger partial charge in [0, 0.05) is 19.8 Å². The third-order valence-corrected chi connectivity index (χ3v) is 25.8. The fourth-order valence-electron chi connectivity index (χ4n) is 13.5. The zero-order chi connectivity index (χ0) is 88.4. The van der Waals surface area contributed by atoms with E-state index >= 15 is 18.3 Å². The molecule has 8 atom stereocenters. The van der Waals surface area contributed by atoms with Crippen LogP contribution in [0.5, 0.6) is 0 Å². The third kappa shape index (κ3) is 37.2. The molecule has 0 spiro atoms. The van der Waals surface area contributed by atoms with Crippen molar-refractivity contribution in [3.63, 3.8) is 0 Å². The van der Waals surface area contributed by atoms with Crippen molar-refractivity contribution in [1.29, 1.82) is 0 Å². The summed E-state index contributed by atoms with van der Waals surface area (Å²) in [6.07, 6.45) is -3.24. The molecule has 0 radical (unpaired) electrons. The van der Waals surface area contributed by atoms with E-state index < -0.39 is 147 Å². The van der Waals surface area contributed by atoms with E-state index in [1.165, 1.54) is 0 Å². The Kier molecular flexibility index (Phi) is 44.0. The van der Waals surface area contributed by atoms with Crippen LogP contribution in [0.15, 0.2) is 303 Å². The molecular weight excluding hydrogens is 1700 g/mol. The van der Waals surface area contributed by atoms with Crippen molar-refractivity contribution in [3.8, 4) is 0 Å². The van der Waals surface area contributed by atoms with Crippen molar-refractivity contribution >= 4 is 37.4 Å². The van der Waals surface area contributed by atoms with Gasteiger partial charge in [-0.05, 0) is 74.9 Å². The summed E-state index contributed by atoms with van der Waals surface area (Å²) in [5, 5.41) is 2.85. The lowest BCUT2D eigenvalue weighted by molar-refractivity contribution is -0.264. The summed E-state index contributed by atoms with van der Waals surface area (Å²) in [6.45, 7) is -1.37. The smallest absolute Gasteiger partial charge is 0.445 e. The van der Waals surface area contributed by atoms with Crippen LogP contribution in [-0.2, 0) is 172 Å². The lowest BCUT2D eigenvalue weighted by Crippen LogP contribution is -2.67. The average molecular weight is 1820 g/mol. The molecule has 1 aliphatic carbocycles. The predicted octanol–water partition coefficient (Wildman–Crippen LogP) is 23.7. The van der Waals surface area contributed by atoms with E-state index in [9.17, 15) is 4.79 Å². The molecule has 29 heteroatoms. The van der Waals surface area contributed by atoms with E-state index in [0.717, 1.165) is 80.9 Å². The molecule has 0 bridgehead atoms. The number of hydrogen-bond acceptors (Lipinski definition) is 24. The second kappa shape index (κ2) is 56.3. The van der Waals surface area contributed by atoms with Crippen LogP contribution >= 0.6 is 31.3 Å². The SMILES string of the molecule is CCCCCCCCO[C@@H](COCCCCCCCCNC(=O)OCc1ccccc1)COP(=O)(OCc1ccccc1)OC1[C@H](OCOCc2ccccc2)[C@H](OP(=O)(OCc2ccccc2)OCc2ccccc2)C(OP(=O)(OCc2ccccc2)OCc2ccccc2)[C@H](OP(=O)(OCc2ccccc2)OCc2ccccc2)[C@H]1OCOCc1ccccc1. The molecule has 11 rings (SSSR count). The van der Waals surface area contributed by atoms with E-state index in [0.29, 0.717) is 64.9 Å². The number of ether oxygens (including phenoxy) is 7. The van der Waals surface area contributed by atoms with Crippen molar-refractivity contribution in [3.05, 3.63) is 359 Å². The molecule has 1 N–H and O–H groups in total. The number of benzene rings is 10. The third-order valence-electron chi connectivity index (χ3n) is 20.3. The van der Waals surface area contributed by atoms with Gasteiger partial charge in [-0.3, -0.25) is 54.3 Å². The van der Waals surface area contributed by atoms with Crippen LogP contribution in [0.2, 0.25) is 0 Å². The molecule has 0 saturated heterocycles. The highest BCUT2D eigenvalue weighted by molar-refractivity contribution is 7.49. The summed E-state index contributed by atoms with van der Waals surface area (Å²) in [5.74, 6) is 0. The number of amides is 1. The van der Waals surface area contributed by atoms with E-state index in [1.54, 1.807) is 206 Å². The maximum absolute atomic E-state index is 17.2. The van der Waals surface area contributed by atoms with Crippen LogP contribution in [0, 0.1) is 0 Å². The van der Waals surface area contributed by atoms with E-state index in [1.807, 2.05) is 97.1 Å². The van der Waals surface area contributed by atoms with Gasteiger partial charge in [0.25, 0.3) is 0 Å². The van der Waals surface area contributed by atoms with Crippen molar-refractivity contribution in [2.24, 2.45) is 0 Å². The second-order valence-corrected chi connectivity index (χ2v) is 36.8. The number of phosphoric ester groups is 4. The fraction of sp³-hybridized carbons (Fsp3) is 0.378. The number of rotatable bonds is 63. The first-order valence-corrected chi connectivity index (χ1v) is 49.3. The van der Waals surface area contributed by atoms with Crippen LogP contribution in [0.3, 0.4) is 0 Å². The summed E-state index contributed by atoms with van der Waals surface area (Å²) in [5.41, 5.74) is 6.07. The van der Waals surface area contributed by atoms with Gasteiger partial charge in [0.2, 0.25) is 0 Å². The zero-order valence-electron chi connectivity index (χ0n) is 72.0. The molecule has 0 heterocycles. The number of hydrogen-bond donors (Lipinski definition) is 1. The van der Waals surface area contributed by atoms with Crippen molar-refractivity contribution in [2.75, 3.05) is 46.6 Å². The molecule has 0 aliphatic heterocycles. The summed E-state index contributed by atoms with van der Waals surface area (Å²) in [6, 6.07) is 90.0. The van der Waals surface area contributed by atoms with Gasteiger partial charge in [0.15, 0.2) is 0 Å². The Morgan fingerprint density at radius 3 is 0.843 bits per heavy atom. The first kappa shape index (κ1) is 99.2. The monoisotopic (exact) mass is 1820 g/mol. The van der Waals surface area contributed by atoms with Crippen LogP contribution < -0.4 is 5.32 Å². The Morgan fingerprint density at radius 2 is 0.528 bits per heavy atom. The first-order valence-electron chi connectivity index (χ1n) is 43.4. The molecule has 25 nitrogen and oxygen atoms in total. The van der Waals surface area contributed by atoms with Gasteiger partial charge >= 0.3 is 37.4 Å². The minimum Gasteiger partial charge on any atom is -0.445 e. The van der Waals surface area contributed by atoms with Gasteiger partial charge in [0.1, 0.15) is 62.9 Å². The summed E-state index contributed by atoms with van der Waals surface area (Å²) < 4.78 is 195. The minimum absolute atomic E-state index is 0.0228. The van der Waals surface area contributed by atoms with E-state index in [-0.39, 0.29) is 33.0 Å². The molecular formula is C98H119NO24P4. The Balaban J connectivity index is 1.03. The molecule has 1 amide bonds. The Bertz CT molecular complexity index is 4500. The van der Waals surface area contributed by atoms with Gasteiger partial charge in [-0.15, -0.1) is 0 Å². The van der Waals surface area contributed by atoms with Gasteiger partial charge in [-0.1, -0.05) is 368 Å². The second-order valence-electron chi connectivity index (χ2n) is 30.3. The lowest BCUT2D eigenvalue weighted by Gasteiger charge is -2.49. The van der Waals surface area contributed by atoms with Crippen LogP contribution in [0.25, 0.3) is 0 Å². The average Bonchev–Trinajstić information content (AvgIpc) is 0.740. The minimum atomic E-state index is -5.34. The number of unbranched alkanes of at least 4 members (excludes halogenated alkanes) is 10. The number of carbonyl (C=O) groups excluding carboxylic acids is 1. The molecule has 0 aromatic heterocycles. The molecule has 1 aliphatic rings. The molecule has 10 aromatic carbocycles. The lowest BCUT2D eigenvalue weighted by atomic mass is 9.84. The summed E-state index contributed by atoms with van der Waals surface area (Å²) >= 11 is 0. The maximum atomic E-state index is 17.2. The maximum Gasteiger partial charge on any atom is 0.475 e. The first-order chi connectivity index (χ1) is 62.3. The Hall–Kier alpha value is -8.33. The number of nitrogens with one attached hydrogen (secondary N) is 1. The van der Waals surface area contributed by atoms with Crippen LogP contribution in [0.4, 0.5) is 4.79 Å². The van der Waals surface area contributed by atoms with Gasteiger partial charge in [-0.25, -0.2) is 23.1 Å². The normalized spacial score (nSPS) is 16.8. The highest BCUT2D eigenvalue weighted by atomic mass is 31.2. The Labute approximate surface area is 747 Å². The van der Waals surface area contributed by atoms with Gasteiger partial charge < -0.3 is 38.5 Å². The van der Waals surface area contributed by atoms with Crippen molar-refractivity contribution in [1.82, 2.24) is 5.32 Å². The van der Waals surface area contributed by atoms with Crippen LogP contribution in [0.1, 0.15) is 140 Å². The summed E-state index contributed by atoms with van der Waals surface area (Å²) in [7, 11) is -21.3. The quantitative estimate of drug-likeness (QED) is 0.0211. The molecule has 1 saturated carbocycles. The molecule has 127 heavy (non-hydrogen) atoms. The summed E-state index contributed by atoms with van der Waals surface area (Å²) in [4.78, 5) is 12.4. The highest BCUT2D eigenvalue weighted by Gasteiger charge is 2.63. The van der Waals surface area contributed by atoms with Crippen LogP contribution in [-0.4, -0.2) is 95.4 Å².